The van der Waals surface area contributed by atoms with Gasteiger partial charge in [-0.15, -0.1) is 0 Å². The van der Waals surface area contributed by atoms with Gasteiger partial charge in [-0.2, -0.15) is 0 Å². The number of halogens is 1. The third kappa shape index (κ3) is 3.80. The number of hydrogen-bond acceptors (Lipinski definition) is 4. The van der Waals surface area contributed by atoms with Crippen LogP contribution in [0.2, 0.25) is 0 Å². The maximum Gasteiger partial charge on any atom is 0.291 e. The van der Waals surface area contributed by atoms with Crippen LogP contribution in [-0.4, -0.2) is 43.0 Å². The Balaban J connectivity index is 1.71. The third-order valence-corrected chi connectivity index (χ3v) is 3.89. The van der Waals surface area contributed by atoms with Crippen molar-refractivity contribution < 1.29 is 18.7 Å². The fraction of sp³-hybridized carbons (Fsp3) is 0.250. The molecule has 6 nitrogen and oxygen atoms in total. The van der Waals surface area contributed by atoms with Crippen LogP contribution in [0.4, 0.5) is 5.69 Å². The van der Waals surface area contributed by atoms with Crippen LogP contribution < -0.4 is 5.32 Å². The Bertz CT molecular complexity index is 722. The van der Waals surface area contributed by atoms with Crippen LogP contribution in [0, 0.1) is 0 Å². The van der Waals surface area contributed by atoms with E-state index < -0.39 is 0 Å². The van der Waals surface area contributed by atoms with E-state index in [9.17, 15) is 9.59 Å². The van der Waals surface area contributed by atoms with Crippen LogP contribution in [0.15, 0.2) is 45.5 Å². The Hall–Kier alpha value is -2.12. The number of amides is 2. The number of carbonyl (C=O) groups is 2. The number of nitrogens with one attached hydrogen (secondary N) is 1. The third-order valence-electron chi connectivity index (χ3n) is 3.46. The first-order valence-electron chi connectivity index (χ1n) is 7.17. The van der Waals surface area contributed by atoms with Gasteiger partial charge in [-0.3, -0.25) is 9.59 Å². The van der Waals surface area contributed by atoms with Crippen molar-refractivity contribution in [1.82, 2.24) is 4.90 Å². The number of furan rings is 1. The van der Waals surface area contributed by atoms with Crippen molar-refractivity contribution in [2.24, 2.45) is 0 Å². The molecule has 0 aliphatic carbocycles. The van der Waals surface area contributed by atoms with E-state index in [4.69, 9.17) is 9.15 Å². The van der Waals surface area contributed by atoms with Crippen LogP contribution in [0.1, 0.15) is 20.9 Å². The minimum absolute atomic E-state index is 0.0647. The van der Waals surface area contributed by atoms with Crippen molar-refractivity contribution >= 4 is 33.4 Å². The van der Waals surface area contributed by atoms with Crippen LogP contribution >= 0.6 is 15.9 Å². The fourth-order valence-corrected chi connectivity index (χ4v) is 2.61. The molecule has 0 atom stereocenters. The molecule has 0 unspecified atom stereocenters. The highest BCUT2D eigenvalue weighted by atomic mass is 79.9. The Morgan fingerprint density at radius 3 is 2.61 bits per heavy atom. The summed E-state index contributed by atoms with van der Waals surface area (Å²) in [7, 11) is 0. The molecule has 2 heterocycles. The molecular formula is C16H15BrN2O4. The molecule has 120 valence electrons. The fourth-order valence-electron chi connectivity index (χ4n) is 2.31. The van der Waals surface area contributed by atoms with Gasteiger partial charge in [0, 0.05) is 24.3 Å². The summed E-state index contributed by atoms with van der Waals surface area (Å²) in [6.07, 6.45) is 0. The van der Waals surface area contributed by atoms with E-state index in [2.05, 4.69) is 21.2 Å². The number of morpholine rings is 1. The summed E-state index contributed by atoms with van der Waals surface area (Å²) in [4.78, 5) is 26.3. The molecule has 1 aliphatic heterocycles. The van der Waals surface area contributed by atoms with E-state index in [0.29, 0.717) is 42.2 Å². The van der Waals surface area contributed by atoms with E-state index in [1.165, 1.54) is 0 Å². The molecule has 2 amide bonds. The molecule has 1 aliphatic rings. The molecule has 1 fully saturated rings. The molecule has 0 saturated carbocycles. The SMILES string of the molecule is O=C(Nc1cccc(C(=O)N2CCOCC2)c1)c1ccc(Br)o1. The van der Waals surface area contributed by atoms with Gasteiger partial charge in [0.25, 0.3) is 11.8 Å². The average Bonchev–Trinajstić information content (AvgIpc) is 3.02. The lowest BCUT2D eigenvalue weighted by molar-refractivity contribution is 0.0303. The minimum atomic E-state index is -0.369. The van der Waals surface area contributed by atoms with Gasteiger partial charge in [0.1, 0.15) is 0 Å². The molecule has 3 rings (SSSR count). The number of benzene rings is 1. The molecule has 1 saturated heterocycles. The zero-order valence-electron chi connectivity index (χ0n) is 12.3. The molecule has 23 heavy (non-hydrogen) atoms. The number of nitrogens with zero attached hydrogens (tertiary/aromatic N) is 1. The number of ether oxygens (including phenoxy) is 1. The lowest BCUT2D eigenvalue weighted by Crippen LogP contribution is -2.40. The minimum Gasteiger partial charge on any atom is -0.444 e. The van der Waals surface area contributed by atoms with Crippen molar-refractivity contribution in [3.05, 3.63) is 52.4 Å². The predicted octanol–water partition coefficient (Wildman–Crippen LogP) is 2.77. The van der Waals surface area contributed by atoms with Gasteiger partial charge in [-0.25, -0.2) is 0 Å². The van der Waals surface area contributed by atoms with Crippen molar-refractivity contribution in [2.75, 3.05) is 31.6 Å². The van der Waals surface area contributed by atoms with Gasteiger partial charge in [-0.05, 0) is 46.3 Å². The van der Waals surface area contributed by atoms with Crippen molar-refractivity contribution in [3.63, 3.8) is 0 Å². The Morgan fingerprint density at radius 2 is 1.91 bits per heavy atom. The summed E-state index contributed by atoms with van der Waals surface area (Å²) >= 11 is 3.15. The van der Waals surface area contributed by atoms with E-state index in [1.54, 1.807) is 41.3 Å². The number of anilines is 1. The largest absolute Gasteiger partial charge is 0.444 e. The summed E-state index contributed by atoms with van der Waals surface area (Å²) in [6.45, 7) is 2.26. The van der Waals surface area contributed by atoms with Gasteiger partial charge in [0.05, 0.1) is 13.2 Å². The van der Waals surface area contributed by atoms with E-state index in [1.807, 2.05) is 0 Å². The van der Waals surface area contributed by atoms with Crippen LogP contribution in [0.25, 0.3) is 0 Å². The average molecular weight is 379 g/mol. The van der Waals surface area contributed by atoms with Gasteiger partial charge in [0.15, 0.2) is 10.4 Å². The van der Waals surface area contributed by atoms with Crippen LogP contribution in [0.3, 0.4) is 0 Å². The molecule has 0 spiro atoms. The Kier molecular flexibility index (Phi) is 4.78. The molecule has 1 aromatic carbocycles. The summed E-state index contributed by atoms with van der Waals surface area (Å²) in [5.74, 6) is -0.237. The molecule has 0 bridgehead atoms. The summed E-state index contributed by atoms with van der Waals surface area (Å²) < 4.78 is 10.9. The second-order valence-corrected chi connectivity index (χ2v) is 5.82. The lowest BCUT2D eigenvalue weighted by Gasteiger charge is -2.27. The van der Waals surface area contributed by atoms with E-state index >= 15 is 0 Å². The maximum absolute atomic E-state index is 12.4. The zero-order chi connectivity index (χ0) is 16.2. The highest BCUT2D eigenvalue weighted by molar-refractivity contribution is 9.10. The maximum atomic E-state index is 12.4. The van der Waals surface area contributed by atoms with Gasteiger partial charge in [-0.1, -0.05) is 6.07 Å². The predicted molar refractivity (Wildman–Crippen MR) is 87.5 cm³/mol. The quantitative estimate of drug-likeness (QED) is 0.890. The standard InChI is InChI=1S/C16H15BrN2O4/c17-14-5-4-13(23-14)15(20)18-12-3-1-2-11(10-12)16(21)19-6-8-22-9-7-19/h1-5,10H,6-9H2,(H,18,20). The Morgan fingerprint density at radius 1 is 1.13 bits per heavy atom. The number of carbonyl (C=O) groups excluding carboxylic acids is 2. The van der Waals surface area contributed by atoms with Crippen molar-refractivity contribution in [2.45, 2.75) is 0 Å². The zero-order valence-corrected chi connectivity index (χ0v) is 13.8. The molecule has 7 heteroatoms. The molecule has 1 N–H and O–H groups in total. The highest BCUT2D eigenvalue weighted by Gasteiger charge is 2.19. The second kappa shape index (κ2) is 6.97. The monoisotopic (exact) mass is 378 g/mol. The summed E-state index contributed by atoms with van der Waals surface area (Å²) in [5.41, 5.74) is 1.08. The lowest BCUT2D eigenvalue weighted by atomic mass is 10.1. The van der Waals surface area contributed by atoms with Gasteiger partial charge < -0.3 is 19.4 Å². The van der Waals surface area contributed by atoms with Crippen molar-refractivity contribution in [1.29, 1.82) is 0 Å². The Labute approximate surface area is 141 Å². The first-order chi connectivity index (χ1) is 11.1. The van der Waals surface area contributed by atoms with Crippen LogP contribution in [0.5, 0.6) is 0 Å². The first kappa shape index (κ1) is 15.8. The normalized spacial score (nSPS) is 14.6. The van der Waals surface area contributed by atoms with Gasteiger partial charge >= 0.3 is 0 Å². The molecular weight excluding hydrogens is 364 g/mol. The number of hydrogen-bond donors (Lipinski definition) is 1. The molecule has 0 radical (unpaired) electrons. The molecule has 1 aromatic heterocycles. The number of rotatable bonds is 3. The van der Waals surface area contributed by atoms with E-state index in [-0.39, 0.29) is 17.6 Å². The first-order valence-corrected chi connectivity index (χ1v) is 7.96. The van der Waals surface area contributed by atoms with Gasteiger partial charge in [0.2, 0.25) is 0 Å². The topological polar surface area (TPSA) is 71.8 Å². The molecule has 2 aromatic rings. The van der Waals surface area contributed by atoms with E-state index in [0.717, 1.165) is 0 Å². The second-order valence-electron chi connectivity index (χ2n) is 5.04. The smallest absolute Gasteiger partial charge is 0.291 e. The summed E-state index contributed by atoms with van der Waals surface area (Å²) in [6, 6.07) is 10.1. The van der Waals surface area contributed by atoms with Crippen LogP contribution in [-0.2, 0) is 4.74 Å². The highest BCUT2D eigenvalue weighted by Crippen LogP contribution is 2.17. The summed E-state index contributed by atoms with van der Waals surface area (Å²) in [5, 5.41) is 2.72. The van der Waals surface area contributed by atoms with Crippen molar-refractivity contribution in [3.8, 4) is 0 Å².